The maximum absolute atomic E-state index is 11.2. The Morgan fingerprint density at radius 2 is 0.976 bits per heavy atom. The van der Waals surface area contributed by atoms with Crippen molar-refractivity contribution >= 4 is 30.2 Å². The molecule has 0 bridgehead atoms. The largest absolute Gasteiger partial charge is 0.468 e. The van der Waals surface area contributed by atoms with Gasteiger partial charge in [-0.25, -0.2) is 0 Å². The molecule has 0 aromatic rings. The number of ether oxygens (including phenoxy) is 4. The first kappa shape index (κ1) is 46.5. The number of esters is 3. The summed E-state index contributed by atoms with van der Waals surface area (Å²) in [6.45, 7) is 19.7. The molecule has 0 aromatic carbocycles. The van der Waals surface area contributed by atoms with Gasteiger partial charge in [-0.15, -0.1) is 0 Å². The average molecular weight is 605 g/mol. The second-order valence-corrected chi connectivity index (χ2v) is 10.9. The van der Waals surface area contributed by atoms with Crippen molar-refractivity contribution in [3.8, 4) is 0 Å². The summed E-state index contributed by atoms with van der Waals surface area (Å²) in [6.07, 6.45) is 13.5. The SMILES string of the molecule is CCCCCOC(=O)C(C)(C)C.CCCCCOC(=O)CCC(C)=O.CCCCCOC(C)=O.CCCCCOC=O. The van der Waals surface area contributed by atoms with Gasteiger partial charge in [-0.05, 0) is 53.4 Å². The van der Waals surface area contributed by atoms with Gasteiger partial charge in [-0.2, -0.15) is 0 Å². The molecule has 0 heterocycles. The van der Waals surface area contributed by atoms with E-state index < -0.39 is 0 Å². The van der Waals surface area contributed by atoms with Crippen molar-refractivity contribution in [1.29, 1.82) is 0 Å². The van der Waals surface area contributed by atoms with Gasteiger partial charge in [-0.3, -0.25) is 19.2 Å². The molecule has 0 aliphatic heterocycles. The number of unbranched alkanes of at least 4 members (excludes halogenated alkanes) is 8. The summed E-state index contributed by atoms with van der Waals surface area (Å²) in [5, 5.41) is 0. The average Bonchev–Trinajstić information content (AvgIpc) is 2.93. The summed E-state index contributed by atoms with van der Waals surface area (Å²) in [5.41, 5.74) is -0.355. The zero-order chi connectivity index (χ0) is 33.1. The molecule has 0 atom stereocenters. The van der Waals surface area contributed by atoms with E-state index in [-0.39, 0.29) is 35.5 Å². The molecule has 0 aliphatic rings. The highest BCUT2D eigenvalue weighted by molar-refractivity contribution is 5.80. The van der Waals surface area contributed by atoms with Gasteiger partial charge < -0.3 is 23.7 Å². The van der Waals surface area contributed by atoms with E-state index in [9.17, 15) is 24.0 Å². The number of carbonyl (C=O) groups is 5. The third kappa shape index (κ3) is 50.4. The summed E-state index contributed by atoms with van der Waals surface area (Å²) in [4.78, 5) is 52.4. The van der Waals surface area contributed by atoms with Gasteiger partial charge >= 0.3 is 17.9 Å². The molecule has 0 amide bonds. The van der Waals surface area contributed by atoms with Crippen LogP contribution >= 0.6 is 0 Å². The Morgan fingerprint density at radius 1 is 0.571 bits per heavy atom. The van der Waals surface area contributed by atoms with Gasteiger partial charge in [0, 0.05) is 13.3 Å². The van der Waals surface area contributed by atoms with E-state index in [1.165, 1.54) is 26.7 Å². The Hall–Kier alpha value is -2.45. The monoisotopic (exact) mass is 604 g/mol. The second kappa shape index (κ2) is 36.6. The first-order valence-corrected chi connectivity index (χ1v) is 15.8. The van der Waals surface area contributed by atoms with Crippen LogP contribution in [-0.4, -0.2) is 56.6 Å². The third-order valence-electron chi connectivity index (χ3n) is 5.27. The Kier molecular flexibility index (Phi) is 40.5. The van der Waals surface area contributed by atoms with Crippen LogP contribution in [0.3, 0.4) is 0 Å². The van der Waals surface area contributed by atoms with E-state index in [1.54, 1.807) is 0 Å². The lowest BCUT2D eigenvalue weighted by atomic mass is 9.97. The van der Waals surface area contributed by atoms with Gasteiger partial charge in [0.1, 0.15) is 5.78 Å². The fourth-order valence-corrected chi connectivity index (χ4v) is 2.67. The number of hydrogen-bond donors (Lipinski definition) is 0. The Morgan fingerprint density at radius 3 is 1.33 bits per heavy atom. The minimum atomic E-state index is -0.355. The summed E-state index contributed by atoms with van der Waals surface area (Å²) >= 11 is 0. The Balaban J connectivity index is -0.000000233. The predicted molar refractivity (Wildman–Crippen MR) is 168 cm³/mol. The Bertz CT molecular complexity index is 640. The molecule has 42 heavy (non-hydrogen) atoms. The van der Waals surface area contributed by atoms with Gasteiger partial charge in [-0.1, -0.05) is 79.1 Å². The summed E-state index contributed by atoms with van der Waals surface area (Å²) in [7, 11) is 0. The molecule has 0 rings (SSSR count). The molecule has 0 unspecified atom stereocenters. The molecule has 0 aromatic heterocycles. The molecule has 0 radical (unpaired) electrons. The highest BCUT2D eigenvalue weighted by Gasteiger charge is 2.22. The van der Waals surface area contributed by atoms with E-state index in [1.807, 2.05) is 20.8 Å². The quantitative estimate of drug-likeness (QED) is 0.0589. The minimum Gasteiger partial charge on any atom is -0.468 e. The van der Waals surface area contributed by atoms with Crippen molar-refractivity contribution in [2.45, 2.75) is 152 Å². The lowest BCUT2D eigenvalue weighted by Gasteiger charge is -2.16. The van der Waals surface area contributed by atoms with Crippen LogP contribution in [0.1, 0.15) is 152 Å². The maximum Gasteiger partial charge on any atom is 0.311 e. The third-order valence-corrected chi connectivity index (χ3v) is 5.27. The van der Waals surface area contributed by atoms with Crippen LogP contribution in [0.25, 0.3) is 0 Å². The van der Waals surface area contributed by atoms with Crippen LogP contribution < -0.4 is 0 Å². The number of Topliss-reactive ketones (excluding diaryl/α,β-unsaturated/α-hetero) is 1. The first-order chi connectivity index (χ1) is 19.8. The van der Waals surface area contributed by atoms with Crippen molar-refractivity contribution in [2.24, 2.45) is 5.41 Å². The summed E-state index contributed by atoms with van der Waals surface area (Å²) in [6, 6.07) is 0. The molecule has 250 valence electrons. The minimum absolute atomic E-state index is 0.0329. The van der Waals surface area contributed by atoms with Gasteiger partial charge in [0.25, 0.3) is 6.47 Å². The van der Waals surface area contributed by atoms with Crippen molar-refractivity contribution < 1.29 is 42.9 Å². The van der Waals surface area contributed by atoms with Crippen LogP contribution in [0.5, 0.6) is 0 Å². The van der Waals surface area contributed by atoms with Crippen LogP contribution in [0, 0.1) is 5.41 Å². The van der Waals surface area contributed by atoms with E-state index in [0.717, 1.165) is 64.2 Å². The van der Waals surface area contributed by atoms with Crippen molar-refractivity contribution in [3.63, 3.8) is 0 Å². The lowest BCUT2D eigenvalue weighted by molar-refractivity contribution is -0.153. The molecule has 0 aliphatic carbocycles. The van der Waals surface area contributed by atoms with Crippen LogP contribution in [0.15, 0.2) is 0 Å². The van der Waals surface area contributed by atoms with Crippen LogP contribution in [0.4, 0.5) is 0 Å². The molecule has 0 saturated heterocycles. The van der Waals surface area contributed by atoms with E-state index >= 15 is 0 Å². The smallest absolute Gasteiger partial charge is 0.311 e. The number of ketones is 1. The summed E-state index contributed by atoms with van der Waals surface area (Å²) < 4.78 is 19.1. The highest BCUT2D eigenvalue weighted by atomic mass is 16.5. The van der Waals surface area contributed by atoms with Crippen molar-refractivity contribution in [1.82, 2.24) is 0 Å². The lowest BCUT2D eigenvalue weighted by Crippen LogP contribution is -2.23. The van der Waals surface area contributed by atoms with Gasteiger partial charge in [0.05, 0.1) is 38.3 Å². The van der Waals surface area contributed by atoms with E-state index in [4.69, 9.17) is 14.2 Å². The standard InChI is InChI=1S/C10H18O3.C10H20O2.C7H14O2.C6H12O2/c1-3-4-5-8-13-10(12)7-6-9(2)11;1-5-6-7-8-12-9(11)10(2,3)4;1-3-4-5-6-9-7(2)8;1-2-3-4-5-8-6-7/h3-8H2,1-2H3;5-8H2,1-4H3;3-6H2,1-2H3;6H,2-5H2,1H3. The number of hydrogen-bond acceptors (Lipinski definition) is 9. The fourth-order valence-electron chi connectivity index (χ4n) is 2.67. The number of carbonyl (C=O) groups excluding carboxylic acids is 5. The molecule has 0 saturated carbocycles. The maximum atomic E-state index is 11.2. The summed E-state index contributed by atoms with van der Waals surface area (Å²) in [5.74, 6) is -0.499. The molecular formula is C33H64O9. The Labute approximate surface area is 257 Å². The molecule has 9 heteroatoms. The molecule has 0 N–H and O–H groups in total. The normalized spacial score (nSPS) is 9.83. The van der Waals surface area contributed by atoms with Crippen molar-refractivity contribution in [2.75, 3.05) is 26.4 Å². The predicted octanol–water partition coefficient (Wildman–Crippen LogP) is 7.94. The van der Waals surface area contributed by atoms with Gasteiger partial charge in [0.2, 0.25) is 0 Å². The highest BCUT2D eigenvalue weighted by Crippen LogP contribution is 2.15. The van der Waals surface area contributed by atoms with Crippen LogP contribution in [0.2, 0.25) is 0 Å². The van der Waals surface area contributed by atoms with E-state index in [2.05, 4.69) is 32.4 Å². The van der Waals surface area contributed by atoms with Crippen LogP contribution in [-0.2, 0) is 42.9 Å². The van der Waals surface area contributed by atoms with Crippen molar-refractivity contribution in [3.05, 3.63) is 0 Å². The van der Waals surface area contributed by atoms with Gasteiger partial charge in [0.15, 0.2) is 0 Å². The molecular weight excluding hydrogens is 540 g/mol. The van der Waals surface area contributed by atoms with E-state index in [0.29, 0.717) is 39.3 Å². The molecule has 0 spiro atoms. The number of rotatable bonds is 20. The zero-order valence-corrected chi connectivity index (χ0v) is 28.5. The first-order valence-electron chi connectivity index (χ1n) is 15.8. The topological polar surface area (TPSA) is 122 Å². The second-order valence-electron chi connectivity index (χ2n) is 10.9. The molecule has 9 nitrogen and oxygen atoms in total. The molecule has 0 fully saturated rings. The zero-order valence-electron chi connectivity index (χ0n) is 28.5. The fraction of sp³-hybridized carbons (Fsp3) is 0.848.